The molecule has 0 saturated carbocycles. The first-order valence-corrected chi connectivity index (χ1v) is 5.07. The molecule has 0 bridgehead atoms. The fourth-order valence-electron chi connectivity index (χ4n) is 1.04. The molecule has 0 radical (unpaired) electrons. The van der Waals surface area contributed by atoms with Gasteiger partial charge in [-0.15, -0.1) is 0 Å². The van der Waals surface area contributed by atoms with Gasteiger partial charge >= 0.3 is 5.97 Å². The first-order valence-electron chi connectivity index (χ1n) is 5.07. The van der Waals surface area contributed by atoms with Crippen LogP contribution in [0.25, 0.3) is 0 Å². The number of carbonyl (C=O) groups excluding carboxylic acids is 1. The maximum atomic E-state index is 11.2. The van der Waals surface area contributed by atoms with E-state index in [1.165, 1.54) is 6.26 Å². The fraction of sp³-hybridized carbons (Fsp3) is 0.250. The Labute approximate surface area is 94.6 Å². The number of nitrogens with one attached hydrogen (secondary N) is 1. The van der Waals surface area contributed by atoms with Gasteiger partial charge in [-0.25, -0.2) is 4.79 Å². The zero-order chi connectivity index (χ0) is 11.6. The lowest BCUT2D eigenvalue weighted by Crippen LogP contribution is -2.14. The molecular weight excluding hydrogens is 206 g/mol. The van der Waals surface area contributed by atoms with Gasteiger partial charge in [0.05, 0.1) is 6.26 Å². The first kappa shape index (κ1) is 12.3. The van der Waals surface area contributed by atoms with Crippen LogP contribution in [0, 0.1) is 0 Å². The van der Waals surface area contributed by atoms with E-state index in [0.29, 0.717) is 6.42 Å². The summed E-state index contributed by atoms with van der Waals surface area (Å²) >= 11 is 0. The van der Waals surface area contributed by atoms with Crippen molar-refractivity contribution in [2.45, 2.75) is 6.42 Å². The maximum Gasteiger partial charge on any atom is 0.330 e. The molecule has 0 aromatic heterocycles. The number of carbonyl (C=O) groups is 1. The molecule has 0 spiro atoms. The Balaban J connectivity index is 2.20. The van der Waals surface area contributed by atoms with E-state index < -0.39 is 0 Å². The molecule has 0 fully saturated rings. The van der Waals surface area contributed by atoms with Gasteiger partial charge in [0, 0.05) is 12.3 Å². The standard InChI is InChI=1S/C12H15NO3/c14-8-4-5-9-16-12(15)10-13-11-6-2-1-3-7-11/h1-3,5-7,9,13-14H,4,8,10H2. The van der Waals surface area contributed by atoms with E-state index in [9.17, 15) is 4.79 Å². The Morgan fingerprint density at radius 2 is 2.12 bits per heavy atom. The molecule has 2 N–H and O–H groups in total. The van der Waals surface area contributed by atoms with Gasteiger partial charge in [0.25, 0.3) is 0 Å². The SMILES string of the molecule is O=C(CNc1ccccc1)OC=CCCO. The van der Waals surface area contributed by atoms with Gasteiger partial charge in [-0.2, -0.15) is 0 Å². The summed E-state index contributed by atoms with van der Waals surface area (Å²) < 4.78 is 4.77. The van der Waals surface area contributed by atoms with Crippen LogP contribution in [0.1, 0.15) is 6.42 Å². The van der Waals surface area contributed by atoms with Crippen molar-refractivity contribution in [3.8, 4) is 0 Å². The second kappa shape index (κ2) is 7.48. The summed E-state index contributed by atoms with van der Waals surface area (Å²) in [6.45, 7) is 0.170. The number of benzene rings is 1. The van der Waals surface area contributed by atoms with Gasteiger partial charge in [-0.05, 0) is 24.6 Å². The van der Waals surface area contributed by atoms with Gasteiger partial charge in [0.2, 0.25) is 0 Å². The highest BCUT2D eigenvalue weighted by molar-refractivity contribution is 5.75. The first-order chi connectivity index (χ1) is 7.83. The Hall–Kier alpha value is -1.81. The van der Waals surface area contributed by atoms with Crippen molar-refractivity contribution in [2.75, 3.05) is 18.5 Å². The number of ether oxygens (including phenoxy) is 1. The zero-order valence-corrected chi connectivity index (χ0v) is 8.93. The predicted molar refractivity (Wildman–Crippen MR) is 61.9 cm³/mol. The Kier molecular flexibility index (Phi) is 5.73. The van der Waals surface area contributed by atoms with Crippen LogP contribution in [-0.4, -0.2) is 24.2 Å². The van der Waals surface area contributed by atoms with Crippen molar-refractivity contribution >= 4 is 11.7 Å². The predicted octanol–water partition coefficient (Wildman–Crippen LogP) is 1.54. The lowest BCUT2D eigenvalue weighted by molar-refractivity contribution is -0.135. The number of aliphatic hydroxyl groups is 1. The van der Waals surface area contributed by atoms with Gasteiger partial charge in [-0.1, -0.05) is 18.2 Å². The van der Waals surface area contributed by atoms with E-state index in [4.69, 9.17) is 9.84 Å². The lowest BCUT2D eigenvalue weighted by atomic mass is 10.3. The molecule has 4 nitrogen and oxygen atoms in total. The number of rotatable bonds is 6. The van der Waals surface area contributed by atoms with Gasteiger partial charge in [-0.3, -0.25) is 0 Å². The van der Waals surface area contributed by atoms with E-state index in [1.54, 1.807) is 6.08 Å². The van der Waals surface area contributed by atoms with Crippen molar-refractivity contribution in [1.29, 1.82) is 0 Å². The molecule has 4 heteroatoms. The molecule has 1 aromatic rings. The van der Waals surface area contributed by atoms with Crippen LogP contribution in [0.4, 0.5) is 5.69 Å². The second-order valence-electron chi connectivity index (χ2n) is 3.09. The number of anilines is 1. The molecule has 0 amide bonds. The van der Waals surface area contributed by atoms with Gasteiger partial charge < -0.3 is 15.2 Å². The third kappa shape index (κ3) is 5.17. The average molecular weight is 221 g/mol. The quantitative estimate of drug-likeness (QED) is 0.565. The van der Waals surface area contributed by atoms with Crippen LogP contribution in [0.2, 0.25) is 0 Å². The second-order valence-corrected chi connectivity index (χ2v) is 3.09. The number of hydrogen-bond acceptors (Lipinski definition) is 4. The molecular formula is C12H15NO3. The van der Waals surface area contributed by atoms with Crippen LogP contribution in [0.3, 0.4) is 0 Å². The van der Waals surface area contributed by atoms with Crippen molar-refractivity contribution in [2.24, 2.45) is 0 Å². The number of esters is 1. The van der Waals surface area contributed by atoms with Crippen LogP contribution in [-0.2, 0) is 9.53 Å². The molecule has 16 heavy (non-hydrogen) atoms. The Morgan fingerprint density at radius 3 is 2.81 bits per heavy atom. The van der Waals surface area contributed by atoms with Crippen LogP contribution < -0.4 is 5.32 Å². The molecule has 86 valence electrons. The third-order valence-electron chi connectivity index (χ3n) is 1.80. The van der Waals surface area contributed by atoms with E-state index >= 15 is 0 Å². The molecule has 0 atom stereocenters. The lowest BCUT2D eigenvalue weighted by Gasteiger charge is -2.03. The largest absolute Gasteiger partial charge is 0.434 e. The molecule has 0 unspecified atom stereocenters. The summed E-state index contributed by atoms with van der Waals surface area (Å²) in [5.74, 6) is -0.363. The molecule has 1 rings (SSSR count). The summed E-state index contributed by atoms with van der Waals surface area (Å²) in [5.41, 5.74) is 0.874. The molecule has 0 aliphatic carbocycles. The summed E-state index contributed by atoms with van der Waals surface area (Å²) in [5, 5.41) is 11.4. The van der Waals surface area contributed by atoms with Crippen molar-refractivity contribution < 1.29 is 14.6 Å². The summed E-state index contributed by atoms with van der Waals surface area (Å²) in [6.07, 6.45) is 3.38. The molecule has 0 aliphatic heterocycles. The van der Waals surface area contributed by atoms with E-state index in [1.807, 2.05) is 30.3 Å². The molecule has 0 aliphatic rings. The number of hydrogen-bond donors (Lipinski definition) is 2. The third-order valence-corrected chi connectivity index (χ3v) is 1.80. The average Bonchev–Trinajstić information content (AvgIpc) is 2.33. The highest BCUT2D eigenvalue weighted by Gasteiger charge is 1.99. The topological polar surface area (TPSA) is 58.6 Å². The van der Waals surface area contributed by atoms with Gasteiger partial charge in [0.15, 0.2) is 0 Å². The maximum absolute atomic E-state index is 11.2. The van der Waals surface area contributed by atoms with Crippen molar-refractivity contribution in [3.05, 3.63) is 42.7 Å². The highest BCUT2D eigenvalue weighted by atomic mass is 16.5. The molecule has 0 heterocycles. The fourth-order valence-corrected chi connectivity index (χ4v) is 1.04. The van der Waals surface area contributed by atoms with Gasteiger partial charge in [0.1, 0.15) is 6.54 Å². The minimum absolute atomic E-state index is 0.0519. The zero-order valence-electron chi connectivity index (χ0n) is 8.93. The van der Waals surface area contributed by atoms with E-state index in [2.05, 4.69) is 5.32 Å². The van der Waals surface area contributed by atoms with Crippen molar-refractivity contribution in [1.82, 2.24) is 0 Å². The number of aliphatic hydroxyl groups excluding tert-OH is 1. The van der Waals surface area contributed by atoms with Crippen LogP contribution >= 0.6 is 0 Å². The Morgan fingerprint density at radius 1 is 1.38 bits per heavy atom. The monoisotopic (exact) mass is 221 g/mol. The summed E-state index contributed by atoms with van der Waals surface area (Å²) in [6, 6.07) is 9.41. The minimum atomic E-state index is -0.363. The smallest absolute Gasteiger partial charge is 0.330 e. The molecule has 0 saturated heterocycles. The van der Waals surface area contributed by atoms with Crippen LogP contribution in [0.5, 0.6) is 0 Å². The highest BCUT2D eigenvalue weighted by Crippen LogP contribution is 2.03. The van der Waals surface area contributed by atoms with Crippen molar-refractivity contribution in [3.63, 3.8) is 0 Å². The molecule has 1 aromatic carbocycles. The normalized spacial score (nSPS) is 10.3. The van der Waals surface area contributed by atoms with E-state index in [0.717, 1.165) is 5.69 Å². The number of para-hydroxylation sites is 1. The van der Waals surface area contributed by atoms with E-state index in [-0.39, 0.29) is 19.1 Å². The summed E-state index contributed by atoms with van der Waals surface area (Å²) in [4.78, 5) is 11.2. The minimum Gasteiger partial charge on any atom is -0.434 e. The Bertz CT molecular complexity index is 335. The summed E-state index contributed by atoms with van der Waals surface area (Å²) in [7, 11) is 0. The van der Waals surface area contributed by atoms with Crippen LogP contribution in [0.15, 0.2) is 42.7 Å².